The molecule has 3 aromatic carbocycles. The van der Waals surface area contributed by atoms with E-state index in [1.54, 1.807) is 0 Å². The average Bonchev–Trinajstić information content (AvgIpc) is 3.26. The van der Waals surface area contributed by atoms with E-state index in [1.807, 2.05) is 47.4 Å². The molecule has 0 saturated carbocycles. The second kappa shape index (κ2) is 8.79. The van der Waals surface area contributed by atoms with Crippen LogP contribution in [0.2, 0.25) is 5.02 Å². The van der Waals surface area contributed by atoms with Gasteiger partial charge in [-0.1, -0.05) is 66.2 Å². The maximum absolute atomic E-state index is 13.1. The molecular weight excluding hydrogens is 426 g/mol. The Labute approximate surface area is 190 Å². The molecule has 0 N–H and O–H groups in total. The zero-order valence-corrected chi connectivity index (χ0v) is 18.5. The van der Waals surface area contributed by atoms with Gasteiger partial charge in [-0.15, -0.1) is 11.3 Å². The van der Waals surface area contributed by atoms with Gasteiger partial charge in [0.05, 0.1) is 16.3 Å². The van der Waals surface area contributed by atoms with Gasteiger partial charge in [0.2, 0.25) is 0 Å². The number of amides is 1. The number of piperazine rings is 1. The average molecular weight is 448 g/mol. The minimum absolute atomic E-state index is 0.0311. The Kier molecular flexibility index (Phi) is 5.72. The smallest absolute Gasteiger partial charge is 0.282 e. The Morgan fingerprint density at radius 1 is 0.839 bits per heavy atom. The fourth-order valence-corrected chi connectivity index (χ4v) is 5.24. The molecule has 2 heterocycles. The fourth-order valence-electron chi connectivity index (χ4n) is 4.18. The lowest BCUT2D eigenvalue weighted by atomic mass is 9.96. The van der Waals surface area contributed by atoms with Crippen LogP contribution in [0.1, 0.15) is 27.0 Å². The Hall–Kier alpha value is -2.73. The predicted octanol–water partition coefficient (Wildman–Crippen LogP) is 5.50. The number of hydrogen-bond donors (Lipinski definition) is 0. The lowest BCUT2D eigenvalue weighted by molar-refractivity contribution is 0.0597. The molecule has 4 nitrogen and oxygen atoms in total. The molecule has 1 aliphatic rings. The first-order valence-electron chi connectivity index (χ1n) is 10.4. The third-order valence-electron chi connectivity index (χ3n) is 5.74. The summed E-state index contributed by atoms with van der Waals surface area (Å²) in [5.41, 5.74) is 3.35. The van der Waals surface area contributed by atoms with E-state index in [9.17, 15) is 4.79 Å². The lowest BCUT2D eigenvalue weighted by Gasteiger charge is -2.39. The minimum Gasteiger partial charge on any atom is -0.334 e. The van der Waals surface area contributed by atoms with Crippen LogP contribution in [0.25, 0.3) is 10.2 Å². The highest BCUT2D eigenvalue weighted by Crippen LogP contribution is 2.31. The van der Waals surface area contributed by atoms with Crippen molar-refractivity contribution in [3.05, 3.63) is 100 Å². The molecule has 4 aromatic rings. The second-order valence-electron chi connectivity index (χ2n) is 7.68. The van der Waals surface area contributed by atoms with Gasteiger partial charge < -0.3 is 4.90 Å². The van der Waals surface area contributed by atoms with Crippen molar-refractivity contribution in [1.82, 2.24) is 14.8 Å². The molecule has 1 aromatic heterocycles. The molecule has 156 valence electrons. The van der Waals surface area contributed by atoms with Crippen LogP contribution >= 0.6 is 22.9 Å². The summed E-state index contributed by atoms with van der Waals surface area (Å²) in [5, 5.41) is 1.31. The molecule has 1 atom stereocenters. The van der Waals surface area contributed by atoms with E-state index in [0.717, 1.165) is 28.3 Å². The van der Waals surface area contributed by atoms with Crippen molar-refractivity contribution in [2.45, 2.75) is 6.04 Å². The Morgan fingerprint density at radius 2 is 1.48 bits per heavy atom. The molecule has 0 bridgehead atoms. The third kappa shape index (κ3) is 4.22. The van der Waals surface area contributed by atoms with Crippen LogP contribution in [0.15, 0.2) is 78.9 Å². The van der Waals surface area contributed by atoms with Gasteiger partial charge in [-0.2, -0.15) is 0 Å². The summed E-state index contributed by atoms with van der Waals surface area (Å²) < 4.78 is 1.05. The van der Waals surface area contributed by atoms with Crippen LogP contribution in [0.5, 0.6) is 0 Å². The van der Waals surface area contributed by atoms with Gasteiger partial charge in [0.15, 0.2) is 5.01 Å². The summed E-state index contributed by atoms with van der Waals surface area (Å²) in [5.74, 6) is 0.0311. The summed E-state index contributed by atoms with van der Waals surface area (Å²) in [6.45, 7) is 2.98. The van der Waals surface area contributed by atoms with E-state index in [1.165, 1.54) is 22.5 Å². The van der Waals surface area contributed by atoms with E-state index in [4.69, 9.17) is 11.6 Å². The van der Waals surface area contributed by atoms with Gasteiger partial charge in [-0.25, -0.2) is 4.98 Å². The number of hydrogen-bond acceptors (Lipinski definition) is 4. The molecular formula is C25H22ClN3OS. The second-order valence-corrected chi connectivity index (χ2v) is 9.15. The minimum atomic E-state index is 0.0311. The SMILES string of the molecule is O=C(c1nc2ccccc2s1)N1CCN(C(c2ccccc2)c2ccc(Cl)cc2)CC1. The van der Waals surface area contributed by atoms with Crippen LogP contribution in [0.3, 0.4) is 0 Å². The van der Waals surface area contributed by atoms with E-state index >= 15 is 0 Å². The Morgan fingerprint density at radius 3 is 2.19 bits per heavy atom. The predicted molar refractivity (Wildman–Crippen MR) is 127 cm³/mol. The first kappa shape index (κ1) is 20.2. The van der Waals surface area contributed by atoms with Crippen molar-refractivity contribution >= 4 is 39.1 Å². The standard InChI is InChI=1S/C25H22ClN3OS/c26-20-12-10-19(11-13-20)23(18-6-2-1-3-7-18)28-14-16-29(17-15-28)25(30)24-27-21-8-4-5-9-22(21)31-24/h1-13,23H,14-17H2. The quantitative estimate of drug-likeness (QED) is 0.414. The molecule has 1 fully saturated rings. The molecule has 6 heteroatoms. The van der Waals surface area contributed by atoms with Crippen LogP contribution in [0.4, 0.5) is 0 Å². The number of carbonyl (C=O) groups is 1. The summed E-state index contributed by atoms with van der Waals surface area (Å²) in [6.07, 6.45) is 0. The maximum Gasteiger partial charge on any atom is 0.282 e. The molecule has 0 spiro atoms. The van der Waals surface area contributed by atoms with Crippen LogP contribution in [-0.2, 0) is 0 Å². The van der Waals surface area contributed by atoms with Crippen molar-refractivity contribution in [2.24, 2.45) is 0 Å². The summed E-state index contributed by atoms with van der Waals surface area (Å²) in [6, 6.07) is 26.6. The van der Waals surface area contributed by atoms with Crippen molar-refractivity contribution in [3.63, 3.8) is 0 Å². The number of para-hydroxylation sites is 1. The number of benzene rings is 3. The highest BCUT2D eigenvalue weighted by atomic mass is 35.5. The van der Waals surface area contributed by atoms with Gasteiger partial charge in [0, 0.05) is 31.2 Å². The summed E-state index contributed by atoms with van der Waals surface area (Å²) in [4.78, 5) is 22.0. The summed E-state index contributed by atoms with van der Waals surface area (Å²) >= 11 is 7.60. The van der Waals surface area contributed by atoms with E-state index in [-0.39, 0.29) is 11.9 Å². The lowest BCUT2D eigenvalue weighted by Crippen LogP contribution is -2.49. The fraction of sp³-hybridized carbons (Fsp3) is 0.200. The van der Waals surface area contributed by atoms with E-state index in [2.05, 4.69) is 46.3 Å². The Balaban J connectivity index is 1.34. The third-order valence-corrected chi connectivity index (χ3v) is 7.02. The van der Waals surface area contributed by atoms with Crippen molar-refractivity contribution in [1.29, 1.82) is 0 Å². The molecule has 1 unspecified atom stereocenters. The van der Waals surface area contributed by atoms with Crippen molar-refractivity contribution in [2.75, 3.05) is 26.2 Å². The van der Waals surface area contributed by atoms with Crippen LogP contribution in [-0.4, -0.2) is 46.9 Å². The first-order valence-corrected chi connectivity index (χ1v) is 11.6. The molecule has 1 amide bonds. The molecule has 5 rings (SSSR count). The maximum atomic E-state index is 13.1. The van der Waals surface area contributed by atoms with Gasteiger partial charge >= 0.3 is 0 Å². The zero-order valence-electron chi connectivity index (χ0n) is 16.9. The number of fused-ring (bicyclic) bond motifs is 1. The Bertz CT molecular complexity index is 1150. The van der Waals surface area contributed by atoms with E-state index < -0.39 is 0 Å². The largest absolute Gasteiger partial charge is 0.334 e. The van der Waals surface area contributed by atoms with Gasteiger partial charge in [0.1, 0.15) is 0 Å². The molecule has 31 heavy (non-hydrogen) atoms. The van der Waals surface area contributed by atoms with Crippen molar-refractivity contribution in [3.8, 4) is 0 Å². The van der Waals surface area contributed by atoms with Gasteiger partial charge in [0.25, 0.3) is 5.91 Å². The number of nitrogens with zero attached hydrogens (tertiary/aromatic N) is 3. The number of aromatic nitrogens is 1. The van der Waals surface area contributed by atoms with Gasteiger partial charge in [-0.05, 0) is 35.4 Å². The monoisotopic (exact) mass is 447 g/mol. The number of thiazole rings is 1. The van der Waals surface area contributed by atoms with E-state index in [0.29, 0.717) is 18.1 Å². The topological polar surface area (TPSA) is 36.4 Å². The molecule has 0 radical (unpaired) electrons. The first-order chi connectivity index (χ1) is 15.2. The van der Waals surface area contributed by atoms with Crippen LogP contribution < -0.4 is 0 Å². The highest BCUT2D eigenvalue weighted by Gasteiger charge is 2.29. The number of halogens is 1. The molecule has 1 saturated heterocycles. The van der Waals surface area contributed by atoms with Crippen molar-refractivity contribution < 1.29 is 4.79 Å². The normalized spacial score (nSPS) is 15.8. The highest BCUT2D eigenvalue weighted by molar-refractivity contribution is 7.20. The molecule has 1 aliphatic heterocycles. The number of carbonyl (C=O) groups excluding carboxylic acids is 1. The number of rotatable bonds is 4. The zero-order chi connectivity index (χ0) is 21.2. The summed E-state index contributed by atoms with van der Waals surface area (Å²) in [7, 11) is 0. The van der Waals surface area contributed by atoms with Gasteiger partial charge in [-0.3, -0.25) is 9.69 Å². The van der Waals surface area contributed by atoms with Crippen LogP contribution in [0, 0.1) is 0 Å². The molecule has 0 aliphatic carbocycles.